The maximum Gasteiger partial charge on any atom is 0.253 e. The lowest BCUT2D eigenvalue weighted by Crippen LogP contribution is -2.41. The first kappa shape index (κ1) is 17.0. The number of likely N-dealkylation sites (tertiary alicyclic amines) is 1. The molecule has 1 aliphatic heterocycles. The van der Waals surface area contributed by atoms with Gasteiger partial charge in [-0.2, -0.15) is 0 Å². The number of rotatable bonds is 4. The van der Waals surface area contributed by atoms with Gasteiger partial charge in [-0.1, -0.05) is 19.9 Å². The van der Waals surface area contributed by atoms with Crippen molar-refractivity contribution in [3.05, 3.63) is 29.8 Å². The van der Waals surface area contributed by atoms with Crippen molar-refractivity contribution in [3.63, 3.8) is 0 Å². The molecule has 0 saturated carbocycles. The molecular weight excluding hydrogens is 294 g/mol. The Kier molecular flexibility index (Phi) is 5.36. The smallest absolute Gasteiger partial charge is 0.253 e. The van der Waals surface area contributed by atoms with Crippen LogP contribution in [0.2, 0.25) is 0 Å². The minimum Gasteiger partial charge on any atom is -0.369 e. The summed E-state index contributed by atoms with van der Waals surface area (Å²) in [7, 11) is 0. The van der Waals surface area contributed by atoms with Crippen molar-refractivity contribution >= 4 is 23.4 Å². The van der Waals surface area contributed by atoms with Crippen molar-refractivity contribution < 1.29 is 14.4 Å². The van der Waals surface area contributed by atoms with Crippen molar-refractivity contribution in [2.24, 2.45) is 17.6 Å². The third kappa shape index (κ3) is 4.31. The van der Waals surface area contributed by atoms with E-state index in [1.165, 1.54) is 0 Å². The summed E-state index contributed by atoms with van der Waals surface area (Å²) in [5.74, 6) is -0.737. The van der Waals surface area contributed by atoms with Gasteiger partial charge in [0.15, 0.2) is 0 Å². The molecule has 0 atom stereocenters. The summed E-state index contributed by atoms with van der Waals surface area (Å²) in [6.45, 7) is 4.67. The second kappa shape index (κ2) is 7.26. The number of carbonyl (C=O) groups is 3. The summed E-state index contributed by atoms with van der Waals surface area (Å²) in [6, 6.07) is 6.92. The topological polar surface area (TPSA) is 92.5 Å². The predicted octanol–water partition coefficient (Wildman–Crippen LogP) is 1.62. The Bertz CT molecular complexity index is 605. The van der Waals surface area contributed by atoms with Crippen LogP contribution < -0.4 is 11.1 Å². The van der Waals surface area contributed by atoms with Crippen LogP contribution in [0.1, 0.15) is 37.0 Å². The molecule has 23 heavy (non-hydrogen) atoms. The van der Waals surface area contributed by atoms with Gasteiger partial charge >= 0.3 is 0 Å². The van der Waals surface area contributed by atoms with Gasteiger partial charge < -0.3 is 16.0 Å². The fourth-order valence-electron chi connectivity index (χ4n) is 2.57. The highest BCUT2D eigenvalue weighted by molar-refractivity contribution is 5.97. The highest BCUT2D eigenvalue weighted by Gasteiger charge is 2.26. The molecule has 2 rings (SSSR count). The predicted molar refractivity (Wildman–Crippen MR) is 87.7 cm³/mol. The molecule has 1 aliphatic rings. The van der Waals surface area contributed by atoms with Crippen LogP contribution in [0.4, 0.5) is 5.69 Å². The number of nitrogens with zero attached hydrogens (tertiary/aromatic N) is 1. The van der Waals surface area contributed by atoms with Gasteiger partial charge in [0.25, 0.3) is 5.91 Å². The molecule has 1 saturated heterocycles. The Morgan fingerprint density at radius 3 is 2.43 bits per heavy atom. The first-order chi connectivity index (χ1) is 10.9. The lowest BCUT2D eigenvalue weighted by Gasteiger charge is -2.30. The van der Waals surface area contributed by atoms with E-state index in [9.17, 15) is 14.4 Å². The van der Waals surface area contributed by atoms with Gasteiger partial charge in [0, 0.05) is 36.2 Å². The Morgan fingerprint density at radius 2 is 1.87 bits per heavy atom. The molecular formula is C17H23N3O3. The van der Waals surface area contributed by atoms with Gasteiger partial charge in [-0.3, -0.25) is 14.4 Å². The first-order valence-corrected chi connectivity index (χ1v) is 7.88. The molecule has 124 valence electrons. The summed E-state index contributed by atoms with van der Waals surface area (Å²) in [4.78, 5) is 37.2. The average Bonchev–Trinajstić information content (AvgIpc) is 2.54. The quantitative estimate of drug-likeness (QED) is 0.883. The largest absolute Gasteiger partial charge is 0.369 e. The third-order valence-electron chi connectivity index (χ3n) is 4.09. The fraction of sp³-hybridized carbons (Fsp3) is 0.471. The van der Waals surface area contributed by atoms with Crippen LogP contribution in [0.15, 0.2) is 24.3 Å². The number of anilines is 1. The van der Waals surface area contributed by atoms with E-state index in [1.807, 2.05) is 13.8 Å². The Hall–Kier alpha value is -2.37. The van der Waals surface area contributed by atoms with E-state index in [2.05, 4.69) is 5.32 Å². The lowest BCUT2D eigenvalue weighted by atomic mass is 9.96. The Balaban J connectivity index is 2.03. The number of nitrogens with one attached hydrogen (secondary N) is 1. The molecule has 6 nitrogen and oxygen atoms in total. The number of amides is 3. The highest BCUT2D eigenvalue weighted by Crippen LogP contribution is 2.20. The fourth-order valence-corrected chi connectivity index (χ4v) is 2.57. The average molecular weight is 317 g/mol. The van der Waals surface area contributed by atoms with Crippen molar-refractivity contribution in [2.45, 2.75) is 26.7 Å². The highest BCUT2D eigenvalue weighted by atomic mass is 16.2. The maximum absolute atomic E-state index is 12.5. The van der Waals surface area contributed by atoms with Gasteiger partial charge in [-0.25, -0.2) is 0 Å². The van der Waals surface area contributed by atoms with E-state index in [1.54, 1.807) is 29.2 Å². The molecule has 6 heteroatoms. The molecule has 1 fully saturated rings. The van der Waals surface area contributed by atoms with Crippen molar-refractivity contribution in [1.29, 1.82) is 0 Å². The van der Waals surface area contributed by atoms with Gasteiger partial charge in [0.1, 0.15) is 0 Å². The minimum atomic E-state index is -0.296. The first-order valence-electron chi connectivity index (χ1n) is 7.88. The van der Waals surface area contributed by atoms with Gasteiger partial charge in [-0.15, -0.1) is 0 Å². The monoisotopic (exact) mass is 317 g/mol. The van der Waals surface area contributed by atoms with E-state index in [0.717, 1.165) is 0 Å². The van der Waals surface area contributed by atoms with Crippen molar-refractivity contribution in [1.82, 2.24) is 4.90 Å². The van der Waals surface area contributed by atoms with E-state index in [0.29, 0.717) is 37.2 Å². The normalized spacial score (nSPS) is 15.5. The zero-order chi connectivity index (χ0) is 17.0. The number of primary amides is 1. The molecule has 0 bridgehead atoms. The molecule has 1 heterocycles. The van der Waals surface area contributed by atoms with Crippen LogP contribution in [0.25, 0.3) is 0 Å². The number of carbonyl (C=O) groups excluding carboxylic acids is 3. The Labute approximate surface area is 136 Å². The van der Waals surface area contributed by atoms with Crippen molar-refractivity contribution in [3.8, 4) is 0 Å². The second-order valence-electron chi connectivity index (χ2n) is 6.19. The summed E-state index contributed by atoms with van der Waals surface area (Å²) in [5, 5.41) is 2.79. The van der Waals surface area contributed by atoms with Crippen LogP contribution in [0.3, 0.4) is 0 Å². The molecule has 3 amide bonds. The summed E-state index contributed by atoms with van der Waals surface area (Å²) >= 11 is 0. The van der Waals surface area contributed by atoms with E-state index >= 15 is 0 Å². The molecule has 0 aromatic heterocycles. The SMILES string of the molecule is CC(C)C(=O)Nc1cccc(C(=O)N2CCC(C(N)=O)CC2)c1. The number of nitrogens with two attached hydrogens (primary N) is 1. The van der Waals surface area contributed by atoms with E-state index in [-0.39, 0.29) is 29.6 Å². The Morgan fingerprint density at radius 1 is 1.22 bits per heavy atom. The van der Waals surface area contributed by atoms with E-state index in [4.69, 9.17) is 5.73 Å². The molecule has 3 N–H and O–H groups in total. The zero-order valence-corrected chi connectivity index (χ0v) is 13.5. The van der Waals surface area contributed by atoms with Crippen LogP contribution in [-0.2, 0) is 9.59 Å². The third-order valence-corrected chi connectivity index (χ3v) is 4.09. The summed E-state index contributed by atoms with van der Waals surface area (Å²) in [5.41, 5.74) is 6.45. The second-order valence-corrected chi connectivity index (χ2v) is 6.19. The maximum atomic E-state index is 12.5. The number of hydrogen-bond acceptors (Lipinski definition) is 3. The standard InChI is InChI=1S/C17H23N3O3/c1-11(2)16(22)19-14-5-3-4-13(10-14)17(23)20-8-6-12(7-9-20)15(18)21/h3-5,10-12H,6-9H2,1-2H3,(H2,18,21)(H,19,22). The molecule has 0 unspecified atom stereocenters. The minimum absolute atomic E-state index is 0.0862. The van der Waals surface area contributed by atoms with Crippen LogP contribution in [0, 0.1) is 11.8 Å². The zero-order valence-electron chi connectivity index (χ0n) is 13.5. The molecule has 1 aromatic carbocycles. The van der Waals surface area contributed by atoms with Crippen LogP contribution in [0.5, 0.6) is 0 Å². The van der Waals surface area contributed by atoms with Gasteiger partial charge in [-0.05, 0) is 31.0 Å². The summed E-state index contributed by atoms with van der Waals surface area (Å²) < 4.78 is 0. The van der Waals surface area contributed by atoms with Crippen LogP contribution >= 0.6 is 0 Å². The van der Waals surface area contributed by atoms with Crippen molar-refractivity contribution in [2.75, 3.05) is 18.4 Å². The molecule has 0 radical (unpaired) electrons. The van der Waals surface area contributed by atoms with E-state index < -0.39 is 0 Å². The molecule has 0 spiro atoms. The number of piperidine rings is 1. The molecule has 0 aliphatic carbocycles. The number of benzene rings is 1. The lowest BCUT2D eigenvalue weighted by molar-refractivity contribution is -0.123. The van der Waals surface area contributed by atoms with Gasteiger partial charge in [0.05, 0.1) is 0 Å². The molecule has 1 aromatic rings. The van der Waals surface area contributed by atoms with Crippen LogP contribution in [-0.4, -0.2) is 35.7 Å². The summed E-state index contributed by atoms with van der Waals surface area (Å²) in [6.07, 6.45) is 1.20. The number of hydrogen-bond donors (Lipinski definition) is 2. The van der Waals surface area contributed by atoms with Gasteiger partial charge in [0.2, 0.25) is 11.8 Å².